The molecule has 3 N–H and O–H groups in total. The van der Waals surface area contributed by atoms with Crippen molar-refractivity contribution in [3.8, 4) is 11.3 Å². The maximum absolute atomic E-state index is 12.7. The lowest BCUT2D eigenvalue weighted by Gasteiger charge is -2.08. The van der Waals surface area contributed by atoms with Crippen LogP contribution in [0.3, 0.4) is 0 Å². The molecule has 0 amide bonds. The summed E-state index contributed by atoms with van der Waals surface area (Å²) >= 11 is 6.29. The van der Waals surface area contributed by atoms with Gasteiger partial charge in [-0.3, -0.25) is 4.79 Å². The molecule has 0 aliphatic heterocycles. The molecule has 3 heterocycles. The fourth-order valence-corrected chi connectivity index (χ4v) is 3.51. The second kappa shape index (κ2) is 6.66. The van der Waals surface area contributed by atoms with Crippen LogP contribution in [0.15, 0.2) is 60.2 Å². The average molecular weight is 379 g/mol. The molecule has 128 valence electrons. The number of nitrogens with one attached hydrogen (secondary N) is 1. The number of hydrogen-bond acceptors (Lipinski definition) is 5. The van der Waals surface area contributed by atoms with Gasteiger partial charge in [0.05, 0.1) is 22.3 Å². The summed E-state index contributed by atoms with van der Waals surface area (Å²) in [5.41, 5.74) is 9.03. The lowest BCUT2D eigenvalue weighted by atomic mass is 10.1. The second-order valence-electron chi connectivity index (χ2n) is 5.50. The highest BCUT2D eigenvalue weighted by molar-refractivity contribution is 7.80. The predicted molar refractivity (Wildman–Crippen MR) is 107 cm³/mol. The van der Waals surface area contributed by atoms with Gasteiger partial charge in [0.15, 0.2) is 10.8 Å². The van der Waals surface area contributed by atoms with E-state index < -0.39 is 0 Å². The monoisotopic (exact) mass is 379 g/mol. The quantitative estimate of drug-likeness (QED) is 0.418. The first-order valence-electron chi connectivity index (χ1n) is 7.71. The molecule has 1 aromatic carbocycles. The van der Waals surface area contributed by atoms with Gasteiger partial charge in [0, 0.05) is 17.4 Å². The van der Waals surface area contributed by atoms with Crippen LogP contribution in [0.1, 0.15) is 15.2 Å². The number of nitrogens with two attached hydrogens (primary N) is 1. The first-order valence-corrected chi connectivity index (χ1v) is 9.00. The van der Waals surface area contributed by atoms with E-state index in [4.69, 9.17) is 18.0 Å². The Morgan fingerprint density at radius 1 is 1.23 bits per heavy atom. The molecule has 0 radical (unpaired) electrons. The number of carbonyl (C=O) groups is 1. The van der Waals surface area contributed by atoms with E-state index in [-0.39, 0.29) is 10.9 Å². The Hall–Kier alpha value is -3.10. The van der Waals surface area contributed by atoms with Gasteiger partial charge < -0.3 is 11.1 Å². The normalized spacial score (nSPS) is 10.8. The van der Waals surface area contributed by atoms with Crippen molar-refractivity contribution in [3.63, 3.8) is 0 Å². The third-order valence-electron chi connectivity index (χ3n) is 3.82. The lowest BCUT2D eigenvalue weighted by Crippen LogP contribution is -2.18. The highest BCUT2D eigenvalue weighted by Gasteiger charge is 2.18. The van der Waals surface area contributed by atoms with Gasteiger partial charge in [0.2, 0.25) is 5.78 Å². The molecule has 0 saturated carbocycles. The first kappa shape index (κ1) is 16.4. The van der Waals surface area contributed by atoms with Gasteiger partial charge in [-0.25, -0.2) is 9.50 Å². The van der Waals surface area contributed by atoms with E-state index in [2.05, 4.69) is 15.4 Å². The van der Waals surface area contributed by atoms with Gasteiger partial charge in [-0.1, -0.05) is 18.2 Å². The van der Waals surface area contributed by atoms with Crippen LogP contribution in [-0.4, -0.2) is 25.5 Å². The van der Waals surface area contributed by atoms with Crippen molar-refractivity contribution >= 4 is 45.8 Å². The lowest BCUT2D eigenvalue weighted by molar-refractivity contribution is 0.104. The van der Waals surface area contributed by atoms with Crippen LogP contribution >= 0.6 is 23.6 Å². The van der Waals surface area contributed by atoms with Crippen molar-refractivity contribution in [2.75, 3.05) is 5.32 Å². The largest absolute Gasteiger partial charge is 0.376 e. The molecule has 6 nitrogen and oxygen atoms in total. The fraction of sp³-hybridized carbons (Fsp3) is 0. The van der Waals surface area contributed by atoms with E-state index in [9.17, 15) is 4.79 Å². The molecule has 26 heavy (non-hydrogen) atoms. The first-order chi connectivity index (χ1) is 12.6. The van der Waals surface area contributed by atoms with Gasteiger partial charge in [-0.05, 0) is 41.9 Å². The standard InChI is InChI=1S/C18H13N5OS2/c19-18(25)22-12-4-1-3-11(9-12)14-6-7-20-17-13(10-21-23(14)17)16(24)15-5-2-8-26-15/h1-10H,(H3,19,22,25). The molecule has 0 aliphatic carbocycles. The summed E-state index contributed by atoms with van der Waals surface area (Å²) in [4.78, 5) is 17.7. The third kappa shape index (κ3) is 2.96. The number of thiocarbonyl (C=S) groups is 1. The number of nitrogens with zero attached hydrogens (tertiary/aromatic N) is 3. The van der Waals surface area contributed by atoms with Crippen molar-refractivity contribution in [1.29, 1.82) is 0 Å². The van der Waals surface area contributed by atoms with Gasteiger partial charge >= 0.3 is 0 Å². The SMILES string of the molecule is NC(=S)Nc1cccc(-c2ccnc3c(C(=O)c4cccs4)cnn23)c1. The van der Waals surface area contributed by atoms with Crippen LogP contribution < -0.4 is 11.1 Å². The highest BCUT2D eigenvalue weighted by atomic mass is 32.1. The maximum atomic E-state index is 12.7. The number of ketones is 1. The number of aromatic nitrogens is 3. The minimum Gasteiger partial charge on any atom is -0.376 e. The number of rotatable bonds is 4. The van der Waals surface area contributed by atoms with Gasteiger partial charge in [0.25, 0.3) is 0 Å². The van der Waals surface area contributed by atoms with Crippen molar-refractivity contribution in [3.05, 3.63) is 70.7 Å². The van der Waals surface area contributed by atoms with Crippen LogP contribution in [0.25, 0.3) is 16.9 Å². The van der Waals surface area contributed by atoms with E-state index in [1.165, 1.54) is 11.3 Å². The van der Waals surface area contributed by atoms with Crippen LogP contribution in [0.5, 0.6) is 0 Å². The number of hydrogen-bond donors (Lipinski definition) is 2. The van der Waals surface area contributed by atoms with Crippen LogP contribution in [0, 0.1) is 0 Å². The molecule has 3 aromatic heterocycles. The summed E-state index contributed by atoms with van der Waals surface area (Å²) in [5, 5.41) is 9.37. The molecule has 4 aromatic rings. The molecule has 0 bridgehead atoms. The Balaban J connectivity index is 1.81. The summed E-state index contributed by atoms with van der Waals surface area (Å²) in [6, 6.07) is 13.1. The average Bonchev–Trinajstić information content (AvgIpc) is 3.30. The van der Waals surface area contributed by atoms with Gasteiger partial charge in [-0.15, -0.1) is 11.3 Å². The van der Waals surface area contributed by atoms with Crippen molar-refractivity contribution in [1.82, 2.24) is 14.6 Å². The number of anilines is 1. The Kier molecular flexibility index (Phi) is 4.19. The second-order valence-corrected chi connectivity index (χ2v) is 6.89. The van der Waals surface area contributed by atoms with E-state index in [0.29, 0.717) is 16.1 Å². The Labute approximate surface area is 158 Å². The Morgan fingerprint density at radius 3 is 2.88 bits per heavy atom. The zero-order valence-electron chi connectivity index (χ0n) is 13.4. The van der Waals surface area contributed by atoms with E-state index in [1.54, 1.807) is 23.0 Å². The molecular formula is C18H13N5OS2. The van der Waals surface area contributed by atoms with Crippen molar-refractivity contribution < 1.29 is 4.79 Å². The zero-order chi connectivity index (χ0) is 18.1. The topological polar surface area (TPSA) is 85.3 Å². The highest BCUT2D eigenvalue weighted by Crippen LogP contribution is 2.25. The molecule has 0 spiro atoms. The molecule has 0 unspecified atom stereocenters. The van der Waals surface area contributed by atoms with Crippen molar-refractivity contribution in [2.45, 2.75) is 0 Å². The van der Waals surface area contributed by atoms with Gasteiger partial charge in [-0.2, -0.15) is 5.10 Å². The van der Waals surface area contributed by atoms with Gasteiger partial charge in [0.1, 0.15) is 0 Å². The predicted octanol–water partition coefficient (Wildman–Crippen LogP) is 3.34. The van der Waals surface area contributed by atoms with Crippen molar-refractivity contribution in [2.24, 2.45) is 5.73 Å². The summed E-state index contributed by atoms with van der Waals surface area (Å²) in [6.07, 6.45) is 3.23. The number of carbonyl (C=O) groups excluding carboxylic acids is 1. The number of benzene rings is 1. The summed E-state index contributed by atoms with van der Waals surface area (Å²) < 4.78 is 1.67. The van der Waals surface area contributed by atoms with E-state index in [0.717, 1.165) is 16.9 Å². The molecule has 0 saturated heterocycles. The minimum atomic E-state index is -0.0800. The summed E-state index contributed by atoms with van der Waals surface area (Å²) in [7, 11) is 0. The third-order valence-corrected chi connectivity index (χ3v) is 4.79. The number of thiophene rings is 1. The van der Waals surface area contributed by atoms with E-state index in [1.807, 2.05) is 41.8 Å². The Morgan fingerprint density at radius 2 is 2.12 bits per heavy atom. The smallest absolute Gasteiger partial charge is 0.208 e. The molecule has 0 fully saturated rings. The molecule has 0 aliphatic rings. The number of fused-ring (bicyclic) bond motifs is 1. The van der Waals surface area contributed by atoms with Crippen LogP contribution in [-0.2, 0) is 0 Å². The van der Waals surface area contributed by atoms with Crippen LogP contribution in [0.4, 0.5) is 5.69 Å². The zero-order valence-corrected chi connectivity index (χ0v) is 15.1. The summed E-state index contributed by atoms with van der Waals surface area (Å²) in [5.74, 6) is -0.0800. The Bertz CT molecular complexity index is 1120. The van der Waals surface area contributed by atoms with E-state index >= 15 is 0 Å². The summed E-state index contributed by atoms with van der Waals surface area (Å²) in [6.45, 7) is 0. The van der Waals surface area contributed by atoms with Crippen LogP contribution in [0.2, 0.25) is 0 Å². The molecule has 8 heteroatoms. The fourth-order valence-electron chi connectivity index (χ4n) is 2.71. The minimum absolute atomic E-state index is 0.0800. The maximum Gasteiger partial charge on any atom is 0.208 e. The molecule has 4 rings (SSSR count). The molecular weight excluding hydrogens is 366 g/mol. The molecule has 0 atom stereocenters.